The van der Waals surface area contributed by atoms with E-state index in [1.54, 1.807) is 10.9 Å². The second kappa shape index (κ2) is 7.88. The van der Waals surface area contributed by atoms with E-state index < -0.39 is 0 Å². The first kappa shape index (κ1) is 19.3. The second-order valence-electron chi connectivity index (χ2n) is 7.15. The van der Waals surface area contributed by atoms with Crippen molar-refractivity contribution < 1.29 is 9.21 Å². The van der Waals surface area contributed by atoms with Crippen LogP contribution in [0.15, 0.2) is 70.4 Å². The molecule has 0 saturated heterocycles. The topological polar surface area (TPSA) is 85.8 Å². The van der Waals surface area contributed by atoms with Crippen molar-refractivity contribution in [3.8, 4) is 0 Å². The molecule has 5 rings (SSSR count). The van der Waals surface area contributed by atoms with Gasteiger partial charge in [-0.2, -0.15) is 5.10 Å². The molecule has 0 fully saturated rings. The summed E-state index contributed by atoms with van der Waals surface area (Å²) in [5.41, 5.74) is 5.37. The zero-order chi connectivity index (χ0) is 21.4. The number of aryl methyl sites for hydroxylation is 2. The van der Waals surface area contributed by atoms with Crippen LogP contribution in [0.3, 0.4) is 0 Å². The zero-order valence-corrected chi connectivity index (χ0v) is 17.8. The second-order valence-corrected chi connectivity index (χ2v) is 8.08. The van der Waals surface area contributed by atoms with E-state index >= 15 is 0 Å². The Hall–Kier alpha value is -3.65. The number of benzene rings is 2. The Bertz CT molecular complexity index is 1390. The van der Waals surface area contributed by atoms with Gasteiger partial charge in [0.2, 0.25) is 0 Å². The number of para-hydroxylation sites is 2. The minimum absolute atomic E-state index is 0.184. The molecule has 0 aliphatic heterocycles. The summed E-state index contributed by atoms with van der Waals surface area (Å²) in [6, 6.07) is 17.1. The maximum Gasteiger partial charge on any atom is 0.257 e. The number of hydrogen-bond acceptors (Lipinski definition) is 6. The van der Waals surface area contributed by atoms with Crippen LogP contribution in [0.25, 0.3) is 22.1 Å². The fraction of sp³-hybridized carbons (Fsp3) is 0.130. The highest BCUT2D eigenvalue weighted by atomic mass is 32.2. The van der Waals surface area contributed by atoms with Crippen LogP contribution in [-0.2, 0) is 12.8 Å². The molecular weight excluding hydrogens is 410 g/mol. The number of rotatable bonds is 5. The minimum atomic E-state index is -0.184. The molecule has 0 spiro atoms. The third-order valence-corrected chi connectivity index (χ3v) is 5.89. The number of nitrogens with one attached hydrogen (secondary N) is 1. The first-order valence-corrected chi connectivity index (χ1v) is 10.7. The molecule has 3 aromatic heterocycles. The van der Waals surface area contributed by atoms with Crippen molar-refractivity contribution in [2.24, 2.45) is 7.05 Å². The fourth-order valence-corrected chi connectivity index (χ4v) is 4.34. The molecule has 2 aromatic carbocycles. The summed E-state index contributed by atoms with van der Waals surface area (Å²) >= 11 is 1.46. The number of nitrogens with zero attached hydrogens (tertiary/aromatic N) is 4. The van der Waals surface area contributed by atoms with E-state index in [1.807, 2.05) is 68.6 Å². The van der Waals surface area contributed by atoms with Crippen LogP contribution in [-0.4, -0.2) is 25.7 Å². The van der Waals surface area contributed by atoms with Crippen molar-refractivity contribution in [3.05, 3.63) is 77.6 Å². The van der Waals surface area contributed by atoms with E-state index in [1.165, 1.54) is 11.8 Å². The van der Waals surface area contributed by atoms with Crippen molar-refractivity contribution in [2.45, 2.75) is 17.9 Å². The van der Waals surface area contributed by atoms with Crippen LogP contribution in [0.2, 0.25) is 0 Å². The first-order chi connectivity index (χ1) is 15.1. The minimum Gasteiger partial charge on any atom is -0.431 e. The molecule has 0 aliphatic carbocycles. The van der Waals surface area contributed by atoms with Crippen LogP contribution in [0.4, 0.5) is 5.69 Å². The molecule has 1 amide bonds. The predicted molar refractivity (Wildman–Crippen MR) is 121 cm³/mol. The summed E-state index contributed by atoms with van der Waals surface area (Å²) in [4.78, 5) is 21.9. The van der Waals surface area contributed by atoms with Gasteiger partial charge in [-0.3, -0.25) is 9.48 Å². The molecule has 7 nitrogen and oxygen atoms in total. The summed E-state index contributed by atoms with van der Waals surface area (Å²) < 4.78 is 7.51. The number of hydrogen-bond donors (Lipinski definition) is 1. The lowest BCUT2D eigenvalue weighted by molar-refractivity contribution is 0.102. The summed E-state index contributed by atoms with van der Waals surface area (Å²) in [6.45, 7) is 1.92. The number of aromatic nitrogens is 4. The van der Waals surface area contributed by atoms with Gasteiger partial charge in [-0.25, -0.2) is 9.97 Å². The zero-order valence-electron chi connectivity index (χ0n) is 17.0. The number of carbonyl (C=O) groups excluding carboxylic acids is 1. The van der Waals surface area contributed by atoms with Crippen molar-refractivity contribution in [1.82, 2.24) is 19.7 Å². The van der Waals surface area contributed by atoms with E-state index in [0.717, 1.165) is 33.4 Å². The van der Waals surface area contributed by atoms with E-state index in [-0.39, 0.29) is 5.91 Å². The van der Waals surface area contributed by atoms with Gasteiger partial charge in [-0.15, -0.1) is 0 Å². The molecule has 8 heteroatoms. The molecular formula is C23H19N5O2S. The highest BCUT2D eigenvalue weighted by Crippen LogP contribution is 2.28. The summed E-state index contributed by atoms with van der Waals surface area (Å²) in [6.07, 6.45) is 1.65. The SMILES string of the molecule is Cc1nn(C)c2ncc(NC(=O)c3ccccc3CSc3nc4ccccc4o3)cc12. The summed E-state index contributed by atoms with van der Waals surface area (Å²) in [7, 11) is 1.85. The normalized spacial score (nSPS) is 11.3. The third-order valence-electron chi connectivity index (χ3n) is 5.01. The molecule has 0 saturated carbocycles. The molecule has 0 unspecified atom stereocenters. The van der Waals surface area contributed by atoms with Crippen molar-refractivity contribution in [2.75, 3.05) is 5.32 Å². The predicted octanol–water partition coefficient (Wildman–Crippen LogP) is 4.96. The Labute approximate surface area is 182 Å². The van der Waals surface area contributed by atoms with Gasteiger partial charge in [0, 0.05) is 23.8 Å². The molecule has 154 valence electrons. The maximum absolute atomic E-state index is 13.0. The van der Waals surface area contributed by atoms with Crippen LogP contribution in [0, 0.1) is 6.92 Å². The quantitative estimate of drug-likeness (QED) is 0.397. The number of thioether (sulfide) groups is 1. The number of pyridine rings is 1. The number of fused-ring (bicyclic) bond motifs is 2. The molecule has 3 heterocycles. The van der Waals surface area contributed by atoms with Crippen LogP contribution >= 0.6 is 11.8 Å². The maximum atomic E-state index is 13.0. The van der Waals surface area contributed by atoms with Gasteiger partial charge in [0.15, 0.2) is 11.2 Å². The van der Waals surface area contributed by atoms with Gasteiger partial charge in [-0.1, -0.05) is 42.1 Å². The summed E-state index contributed by atoms with van der Waals surface area (Å²) in [5, 5.41) is 8.83. The lowest BCUT2D eigenvalue weighted by Gasteiger charge is -2.09. The van der Waals surface area contributed by atoms with Crippen LogP contribution < -0.4 is 5.32 Å². The van der Waals surface area contributed by atoms with E-state index in [2.05, 4.69) is 20.4 Å². The molecule has 5 aromatic rings. The Kier molecular flexibility index (Phi) is 4.91. The van der Waals surface area contributed by atoms with Crippen molar-refractivity contribution in [1.29, 1.82) is 0 Å². The number of carbonyl (C=O) groups is 1. The highest BCUT2D eigenvalue weighted by Gasteiger charge is 2.15. The molecule has 0 atom stereocenters. The lowest BCUT2D eigenvalue weighted by Crippen LogP contribution is -2.14. The number of anilines is 1. The number of amides is 1. The monoisotopic (exact) mass is 429 g/mol. The van der Waals surface area contributed by atoms with Gasteiger partial charge in [0.05, 0.1) is 17.6 Å². The Morgan fingerprint density at radius 3 is 2.84 bits per heavy atom. The molecule has 1 N–H and O–H groups in total. The fourth-order valence-electron chi connectivity index (χ4n) is 3.49. The van der Waals surface area contributed by atoms with E-state index in [0.29, 0.717) is 22.2 Å². The molecule has 0 aliphatic rings. The summed E-state index contributed by atoms with van der Waals surface area (Å²) in [5.74, 6) is 0.381. The standard InChI is InChI=1S/C23H19N5O2S/c1-14-18-11-16(12-24-21(18)28(2)27-14)25-22(29)17-8-4-3-7-15(17)13-31-23-26-19-9-5-6-10-20(19)30-23/h3-12H,13H2,1-2H3,(H,25,29). The Morgan fingerprint density at radius 1 is 1.16 bits per heavy atom. The highest BCUT2D eigenvalue weighted by molar-refractivity contribution is 7.98. The number of oxazole rings is 1. The van der Waals surface area contributed by atoms with E-state index in [4.69, 9.17) is 4.42 Å². The van der Waals surface area contributed by atoms with E-state index in [9.17, 15) is 4.79 Å². The average molecular weight is 430 g/mol. The molecule has 31 heavy (non-hydrogen) atoms. The van der Waals surface area contributed by atoms with Crippen molar-refractivity contribution in [3.63, 3.8) is 0 Å². The van der Waals surface area contributed by atoms with Gasteiger partial charge in [-0.05, 0) is 36.8 Å². The lowest BCUT2D eigenvalue weighted by atomic mass is 10.1. The van der Waals surface area contributed by atoms with Crippen molar-refractivity contribution >= 4 is 45.5 Å². The molecule has 0 radical (unpaired) electrons. The van der Waals surface area contributed by atoms with Gasteiger partial charge in [0.25, 0.3) is 11.1 Å². The largest absolute Gasteiger partial charge is 0.431 e. The van der Waals surface area contributed by atoms with Gasteiger partial charge >= 0.3 is 0 Å². The molecule has 0 bridgehead atoms. The Morgan fingerprint density at radius 2 is 1.97 bits per heavy atom. The van der Waals surface area contributed by atoms with Crippen LogP contribution in [0.1, 0.15) is 21.6 Å². The smallest absolute Gasteiger partial charge is 0.257 e. The van der Waals surface area contributed by atoms with Crippen LogP contribution in [0.5, 0.6) is 0 Å². The Balaban J connectivity index is 1.35. The van der Waals surface area contributed by atoms with Gasteiger partial charge < -0.3 is 9.73 Å². The van der Waals surface area contributed by atoms with Gasteiger partial charge in [0.1, 0.15) is 5.52 Å². The first-order valence-electron chi connectivity index (χ1n) is 9.75. The third kappa shape index (κ3) is 3.77. The average Bonchev–Trinajstić information content (AvgIpc) is 3.32.